The molecule has 27 heavy (non-hydrogen) atoms. The molecular weight excluding hydrogens is 342 g/mol. The van der Waals surface area contributed by atoms with Crippen LogP contribution in [0, 0.1) is 0 Å². The summed E-state index contributed by atoms with van der Waals surface area (Å²) in [5.41, 5.74) is 1.93. The maximum absolute atomic E-state index is 12.9. The van der Waals surface area contributed by atoms with E-state index in [-0.39, 0.29) is 18.4 Å². The number of anilines is 1. The molecule has 2 amide bonds. The molecule has 1 fully saturated rings. The minimum absolute atomic E-state index is 0.0969. The number of carbonyl (C=O) groups is 2. The van der Waals surface area contributed by atoms with Gasteiger partial charge in [0.05, 0.1) is 14.2 Å². The lowest BCUT2D eigenvalue weighted by Gasteiger charge is -2.28. The highest BCUT2D eigenvalue weighted by Gasteiger charge is 2.36. The maximum atomic E-state index is 12.9. The van der Waals surface area contributed by atoms with Crippen molar-refractivity contribution in [2.24, 2.45) is 0 Å². The van der Waals surface area contributed by atoms with Crippen molar-refractivity contribution in [3.05, 3.63) is 36.0 Å². The number of quaternary nitrogens is 1. The van der Waals surface area contributed by atoms with Gasteiger partial charge in [0.15, 0.2) is 13.1 Å². The zero-order valence-electron chi connectivity index (χ0n) is 16.3. The van der Waals surface area contributed by atoms with E-state index in [1.165, 1.54) is 12.1 Å². The lowest BCUT2D eigenvalue weighted by Crippen LogP contribution is -3.11. The van der Waals surface area contributed by atoms with E-state index in [1.54, 1.807) is 19.2 Å². The highest BCUT2D eigenvalue weighted by Crippen LogP contribution is 2.33. The van der Waals surface area contributed by atoms with E-state index >= 15 is 0 Å². The van der Waals surface area contributed by atoms with E-state index in [4.69, 9.17) is 4.74 Å². The molecule has 2 aliphatic carbocycles. The molecule has 0 bridgehead atoms. The third kappa shape index (κ3) is 5.57. The molecule has 0 radical (unpaired) electrons. The number of amides is 2. The summed E-state index contributed by atoms with van der Waals surface area (Å²) in [5, 5.41) is 2.87. The van der Waals surface area contributed by atoms with Crippen LogP contribution in [-0.4, -0.2) is 50.0 Å². The number of nitrogens with zero attached hydrogens (tertiary/aromatic N) is 1. The Morgan fingerprint density at radius 1 is 1.19 bits per heavy atom. The van der Waals surface area contributed by atoms with Gasteiger partial charge < -0.3 is 19.9 Å². The Kier molecular flexibility index (Phi) is 6.50. The number of allylic oxidation sites excluding steroid dienone is 2. The number of methoxy groups -OCH3 is 1. The molecule has 0 saturated heterocycles. The molecule has 146 valence electrons. The number of hydrogen-bond donors (Lipinski definition) is 2. The summed E-state index contributed by atoms with van der Waals surface area (Å²) in [6.45, 7) is 0.596. The van der Waals surface area contributed by atoms with Crippen LogP contribution in [0.15, 0.2) is 36.0 Å². The van der Waals surface area contributed by atoms with Gasteiger partial charge in [-0.2, -0.15) is 0 Å². The van der Waals surface area contributed by atoms with E-state index < -0.39 is 0 Å². The van der Waals surface area contributed by atoms with Crippen LogP contribution in [0.3, 0.4) is 0 Å². The van der Waals surface area contributed by atoms with Gasteiger partial charge in [0.2, 0.25) is 0 Å². The Balaban J connectivity index is 1.51. The molecule has 0 heterocycles. The van der Waals surface area contributed by atoms with Crippen molar-refractivity contribution in [3.63, 3.8) is 0 Å². The molecule has 0 aromatic heterocycles. The van der Waals surface area contributed by atoms with Crippen LogP contribution in [0.4, 0.5) is 5.69 Å². The first-order valence-electron chi connectivity index (χ1n) is 9.83. The molecule has 6 heteroatoms. The van der Waals surface area contributed by atoms with Crippen LogP contribution >= 0.6 is 0 Å². The predicted molar refractivity (Wildman–Crippen MR) is 105 cm³/mol. The molecule has 3 rings (SSSR count). The Morgan fingerprint density at radius 2 is 1.93 bits per heavy atom. The van der Waals surface area contributed by atoms with Crippen LogP contribution in [0.5, 0.6) is 5.75 Å². The summed E-state index contributed by atoms with van der Waals surface area (Å²) in [5.74, 6) is 0.791. The summed E-state index contributed by atoms with van der Waals surface area (Å²) < 4.78 is 5.12. The van der Waals surface area contributed by atoms with Gasteiger partial charge in [0.1, 0.15) is 5.75 Å². The minimum Gasteiger partial charge on any atom is -0.497 e. The minimum atomic E-state index is -0.0969. The normalized spacial score (nSPS) is 17.6. The van der Waals surface area contributed by atoms with Crippen molar-refractivity contribution >= 4 is 17.5 Å². The van der Waals surface area contributed by atoms with E-state index in [0.717, 1.165) is 48.4 Å². The zero-order chi connectivity index (χ0) is 19.2. The van der Waals surface area contributed by atoms with Crippen LogP contribution in [0.1, 0.15) is 38.5 Å². The summed E-state index contributed by atoms with van der Waals surface area (Å²) in [6, 6.07) is 7.61. The molecule has 2 aliphatic rings. The van der Waals surface area contributed by atoms with Gasteiger partial charge >= 0.3 is 0 Å². The van der Waals surface area contributed by atoms with Gasteiger partial charge in [0, 0.05) is 17.4 Å². The number of likely N-dealkylation sites (N-methyl/N-ethyl adjacent to an activating group) is 1. The first-order chi connectivity index (χ1) is 13.1. The molecular formula is C21H30N3O3+. The van der Waals surface area contributed by atoms with Gasteiger partial charge in [-0.1, -0.05) is 6.08 Å². The number of benzene rings is 1. The van der Waals surface area contributed by atoms with Crippen molar-refractivity contribution in [2.75, 3.05) is 32.6 Å². The van der Waals surface area contributed by atoms with Gasteiger partial charge in [0.25, 0.3) is 11.8 Å². The molecule has 1 aromatic carbocycles. The second kappa shape index (κ2) is 9.04. The first kappa shape index (κ1) is 19.4. The molecule has 1 saturated carbocycles. The summed E-state index contributed by atoms with van der Waals surface area (Å²) in [4.78, 5) is 28.1. The van der Waals surface area contributed by atoms with Gasteiger partial charge in [-0.15, -0.1) is 0 Å². The number of nitrogens with one attached hydrogen (secondary N) is 2. The third-order valence-corrected chi connectivity index (χ3v) is 5.05. The topological polar surface area (TPSA) is 63.1 Å². The monoisotopic (exact) mass is 372 g/mol. The fraction of sp³-hybridized carbons (Fsp3) is 0.524. The Morgan fingerprint density at radius 3 is 2.52 bits per heavy atom. The third-order valence-electron chi connectivity index (χ3n) is 5.05. The number of hydrogen-bond acceptors (Lipinski definition) is 3. The second-order valence-electron chi connectivity index (χ2n) is 7.52. The first-order valence-corrected chi connectivity index (χ1v) is 9.83. The Hall–Kier alpha value is -2.34. The van der Waals surface area contributed by atoms with Crippen LogP contribution in [0.25, 0.3) is 0 Å². The van der Waals surface area contributed by atoms with Crippen LogP contribution in [-0.2, 0) is 9.59 Å². The van der Waals surface area contributed by atoms with Gasteiger partial charge in [-0.05, 0) is 62.8 Å². The van der Waals surface area contributed by atoms with Crippen LogP contribution < -0.4 is 15.0 Å². The average molecular weight is 372 g/mol. The van der Waals surface area contributed by atoms with Crippen LogP contribution in [0.2, 0.25) is 0 Å². The maximum Gasteiger partial charge on any atom is 0.282 e. The van der Waals surface area contributed by atoms with Crippen molar-refractivity contribution < 1.29 is 19.2 Å². The standard InChI is InChI=1S/C21H29N3O3/c1-23(14-20(25)22-16-8-12-19(27-2)13-9-16)15-21(26)24(18-10-11-18)17-6-4-3-5-7-17/h6,8-9,12-13,18H,3-5,7,10-11,14-15H2,1-2H3,(H,22,25)/p+1. The number of rotatable bonds is 8. The van der Waals surface area contributed by atoms with Crippen molar-refractivity contribution in [2.45, 2.75) is 44.6 Å². The summed E-state index contributed by atoms with van der Waals surface area (Å²) >= 11 is 0. The lowest BCUT2D eigenvalue weighted by molar-refractivity contribution is -0.862. The van der Waals surface area contributed by atoms with E-state index in [1.807, 2.05) is 24.1 Å². The highest BCUT2D eigenvalue weighted by molar-refractivity contribution is 5.91. The van der Waals surface area contributed by atoms with Gasteiger partial charge in [-0.25, -0.2) is 0 Å². The van der Waals surface area contributed by atoms with E-state index in [0.29, 0.717) is 12.6 Å². The zero-order valence-corrected chi connectivity index (χ0v) is 16.3. The number of carbonyl (C=O) groups excluding carboxylic acids is 2. The fourth-order valence-electron chi connectivity index (χ4n) is 3.53. The highest BCUT2D eigenvalue weighted by atomic mass is 16.5. The molecule has 1 aromatic rings. The molecule has 1 unspecified atom stereocenters. The van der Waals surface area contributed by atoms with Crippen molar-refractivity contribution in [1.29, 1.82) is 0 Å². The average Bonchev–Trinajstić information content (AvgIpc) is 3.48. The molecule has 0 spiro atoms. The lowest BCUT2D eigenvalue weighted by atomic mass is 10.0. The predicted octanol–water partition coefficient (Wildman–Crippen LogP) is 1.60. The van der Waals surface area contributed by atoms with Crippen molar-refractivity contribution in [3.8, 4) is 5.75 Å². The second-order valence-corrected chi connectivity index (χ2v) is 7.52. The molecule has 2 N–H and O–H groups in total. The Bertz CT molecular complexity index is 695. The van der Waals surface area contributed by atoms with E-state index in [2.05, 4.69) is 11.4 Å². The smallest absolute Gasteiger partial charge is 0.282 e. The molecule has 6 nitrogen and oxygen atoms in total. The van der Waals surface area contributed by atoms with E-state index in [9.17, 15) is 9.59 Å². The fourth-order valence-corrected chi connectivity index (χ4v) is 3.53. The molecule has 0 aliphatic heterocycles. The Labute approximate surface area is 161 Å². The summed E-state index contributed by atoms with van der Waals surface area (Å²) in [6.07, 6.45) is 8.87. The number of ether oxygens (including phenoxy) is 1. The largest absolute Gasteiger partial charge is 0.497 e. The summed E-state index contributed by atoms with van der Waals surface area (Å²) in [7, 11) is 3.50. The van der Waals surface area contributed by atoms with Crippen molar-refractivity contribution in [1.82, 2.24) is 4.90 Å². The quantitative estimate of drug-likeness (QED) is 0.729. The van der Waals surface area contributed by atoms with Gasteiger partial charge in [-0.3, -0.25) is 9.59 Å². The SMILES string of the molecule is COc1ccc(NC(=O)C[NH+](C)CC(=O)N(C2=CCCCC2)C2CC2)cc1. The molecule has 1 atom stereocenters.